The second-order valence-electron chi connectivity index (χ2n) is 2.95. The number of carbonyl (C=O) groups is 1. The Hall–Kier alpha value is -1.96. The van der Waals surface area contributed by atoms with Crippen molar-refractivity contribution in [1.82, 2.24) is 4.98 Å². The van der Waals surface area contributed by atoms with Gasteiger partial charge < -0.3 is 14.4 Å². The number of nitrogens with zero attached hydrogens (tertiary/aromatic N) is 2. The molecule has 0 bridgehead atoms. The summed E-state index contributed by atoms with van der Waals surface area (Å²) in [5, 5.41) is 8.66. The lowest BCUT2D eigenvalue weighted by atomic mass is 10.4. The largest absolute Gasteiger partial charge is 0.476 e. The number of anilines is 1. The summed E-state index contributed by atoms with van der Waals surface area (Å²) in [6.45, 7) is 3.03. The zero-order valence-electron chi connectivity index (χ0n) is 8.43. The monoisotopic (exact) mass is 208 g/mol. The normalized spacial score (nSPS) is 9.60. The fraction of sp³-hybridized carbons (Fsp3) is 0.400. The highest BCUT2D eigenvalue weighted by Gasteiger charge is 2.14. The molecule has 0 atom stereocenters. The third kappa shape index (κ3) is 2.74. The highest BCUT2D eigenvalue weighted by molar-refractivity contribution is 5.85. The van der Waals surface area contributed by atoms with Gasteiger partial charge in [0.1, 0.15) is 6.26 Å². The second kappa shape index (κ2) is 5.05. The number of hydrogen-bond donors (Lipinski definition) is 1. The molecule has 0 aliphatic rings. The van der Waals surface area contributed by atoms with E-state index in [-0.39, 0.29) is 11.7 Å². The van der Waals surface area contributed by atoms with Crippen LogP contribution in [0.4, 0.5) is 6.01 Å². The molecule has 0 saturated carbocycles. The van der Waals surface area contributed by atoms with Crippen LogP contribution in [0.5, 0.6) is 0 Å². The van der Waals surface area contributed by atoms with Crippen molar-refractivity contribution < 1.29 is 14.3 Å². The quantitative estimate of drug-likeness (QED) is 0.737. The van der Waals surface area contributed by atoms with E-state index in [4.69, 9.17) is 15.9 Å². The number of carboxylic acid groups (broad SMARTS) is 1. The van der Waals surface area contributed by atoms with Gasteiger partial charge in [-0.25, -0.2) is 4.79 Å². The van der Waals surface area contributed by atoms with Crippen LogP contribution in [0.1, 0.15) is 23.8 Å². The fourth-order valence-electron chi connectivity index (χ4n) is 1.13. The molecule has 0 amide bonds. The molecule has 5 nitrogen and oxygen atoms in total. The van der Waals surface area contributed by atoms with E-state index in [0.29, 0.717) is 13.1 Å². The first kappa shape index (κ1) is 11.1. The Labute approximate surface area is 87.7 Å². The van der Waals surface area contributed by atoms with Crippen LogP contribution in [0, 0.1) is 12.3 Å². The van der Waals surface area contributed by atoms with E-state index < -0.39 is 5.97 Å². The Kier molecular flexibility index (Phi) is 3.75. The summed E-state index contributed by atoms with van der Waals surface area (Å²) < 4.78 is 5.03. The average molecular weight is 208 g/mol. The SMILES string of the molecule is C#CCN(CCC)c1nc(C(=O)O)co1. The topological polar surface area (TPSA) is 66.6 Å². The van der Waals surface area contributed by atoms with Crippen molar-refractivity contribution >= 4 is 12.0 Å². The first-order valence-electron chi connectivity index (χ1n) is 4.56. The van der Waals surface area contributed by atoms with E-state index in [1.165, 1.54) is 0 Å². The van der Waals surface area contributed by atoms with Gasteiger partial charge in [-0.15, -0.1) is 6.42 Å². The highest BCUT2D eigenvalue weighted by Crippen LogP contribution is 2.13. The molecule has 1 rings (SSSR count). The first-order chi connectivity index (χ1) is 7.19. The summed E-state index contributed by atoms with van der Waals surface area (Å²) in [5.41, 5.74) is -0.108. The molecule has 1 aromatic rings. The molecule has 1 aromatic heterocycles. The van der Waals surface area contributed by atoms with Crippen molar-refractivity contribution in [2.24, 2.45) is 0 Å². The standard InChI is InChI=1S/C10H12N2O3/c1-3-5-12(6-4-2)10-11-8(7-15-10)9(13)14/h1,7H,4-6H2,2H3,(H,13,14). The van der Waals surface area contributed by atoms with Crippen molar-refractivity contribution in [2.75, 3.05) is 18.0 Å². The number of hydrogen-bond acceptors (Lipinski definition) is 4. The fourth-order valence-corrected chi connectivity index (χ4v) is 1.13. The minimum Gasteiger partial charge on any atom is -0.476 e. The summed E-state index contributed by atoms with van der Waals surface area (Å²) in [6.07, 6.45) is 7.18. The van der Waals surface area contributed by atoms with E-state index >= 15 is 0 Å². The molecular weight excluding hydrogens is 196 g/mol. The van der Waals surface area contributed by atoms with Gasteiger partial charge in [-0.2, -0.15) is 4.98 Å². The number of aromatic nitrogens is 1. The van der Waals surface area contributed by atoms with Crippen LogP contribution in [-0.2, 0) is 0 Å². The zero-order chi connectivity index (χ0) is 11.3. The lowest BCUT2D eigenvalue weighted by Gasteiger charge is -2.15. The van der Waals surface area contributed by atoms with Gasteiger partial charge >= 0.3 is 5.97 Å². The molecule has 1 heterocycles. The Morgan fingerprint density at radius 3 is 3.00 bits per heavy atom. The van der Waals surface area contributed by atoms with Gasteiger partial charge in [0.05, 0.1) is 6.54 Å². The van der Waals surface area contributed by atoms with Crippen molar-refractivity contribution in [2.45, 2.75) is 13.3 Å². The van der Waals surface area contributed by atoms with Gasteiger partial charge in [0.2, 0.25) is 0 Å². The molecule has 0 aromatic carbocycles. The third-order valence-corrected chi connectivity index (χ3v) is 1.76. The van der Waals surface area contributed by atoms with Gasteiger partial charge in [-0.05, 0) is 6.42 Å². The van der Waals surface area contributed by atoms with E-state index in [0.717, 1.165) is 12.7 Å². The Bertz CT molecular complexity index is 378. The maximum atomic E-state index is 10.6. The molecule has 5 heteroatoms. The maximum absolute atomic E-state index is 10.6. The number of carboxylic acids is 1. The van der Waals surface area contributed by atoms with Crippen LogP contribution >= 0.6 is 0 Å². The van der Waals surface area contributed by atoms with Crippen LogP contribution in [0.2, 0.25) is 0 Å². The molecule has 0 aliphatic carbocycles. The minimum absolute atomic E-state index is 0.108. The minimum atomic E-state index is -1.11. The van der Waals surface area contributed by atoms with Crippen LogP contribution < -0.4 is 4.90 Å². The van der Waals surface area contributed by atoms with Crippen LogP contribution in [0.3, 0.4) is 0 Å². The number of rotatable bonds is 5. The van der Waals surface area contributed by atoms with E-state index in [9.17, 15) is 4.79 Å². The smallest absolute Gasteiger partial charge is 0.357 e. The van der Waals surface area contributed by atoms with Crippen LogP contribution in [-0.4, -0.2) is 29.1 Å². The Balaban J connectivity index is 2.82. The lowest BCUT2D eigenvalue weighted by molar-refractivity contribution is 0.0690. The van der Waals surface area contributed by atoms with Gasteiger partial charge in [0.25, 0.3) is 6.01 Å². The van der Waals surface area contributed by atoms with Crippen molar-refractivity contribution in [1.29, 1.82) is 0 Å². The molecule has 0 fully saturated rings. The van der Waals surface area contributed by atoms with E-state index in [1.54, 1.807) is 4.90 Å². The summed E-state index contributed by atoms with van der Waals surface area (Å²) in [7, 11) is 0. The van der Waals surface area contributed by atoms with Gasteiger partial charge in [-0.1, -0.05) is 12.8 Å². The van der Waals surface area contributed by atoms with Crippen molar-refractivity contribution in [3.63, 3.8) is 0 Å². The molecular formula is C10H12N2O3. The molecule has 0 aliphatic heterocycles. The second-order valence-corrected chi connectivity index (χ2v) is 2.95. The molecule has 15 heavy (non-hydrogen) atoms. The highest BCUT2D eigenvalue weighted by atomic mass is 16.4. The molecule has 0 radical (unpaired) electrons. The van der Waals surface area contributed by atoms with Crippen LogP contribution in [0.15, 0.2) is 10.7 Å². The first-order valence-corrected chi connectivity index (χ1v) is 4.56. The summed E-state index contributed by atoms with van der Waals surface area (Å²) in [5.74, 6) is 1.36. The molecule has 0 unspecified atom stereocenters. The molecule has 1 N–H and O–H groups in total. The number of terminal acetylenes is 1. The molecule has 0 spiro atoms. The van der Waals surface area contributed by atoms with E-state index in [1.807, 2.05) is 6.92 Å². The number of oxazole rings is 1. The summed E-state index contributed by atoms with van der Waals surface area (Å²) in [6, 6.07) is 0.257. The van der Waals surface area contributed by atoms with Crippen molar-refractivity contribution in [3.05, 3.63) is 12.0 Å². The van der Waals surface area contributed by atoms with Gasteiger partial charge in [-0.3, -0.25) is 0 Å². The third-order valence-electron chi connectivity index (χ3n) is 1.76. The molecule has 0 saturated heterocycles. The van der Waals surface area contributed by atoms with Gasteiger partial charge in [0.15, 0.2) is 5.69 Å². The summed E-state index contributed by atoms with van der Waals surface area (Å²) in [4.78, 5) is 16.1. The zero-order valence-corrected chi connectivity index (χ0v) is 8.43. The Morgan fingerprint density at radius 1 is 1.80 bits per heavy atom. The number of aromatic carboxylic acids is 1. The van der Waals surface area contributed by atoms with Crippen LogP contribution in [0.25, 0.3) is 0 Å². The maximum Gasteiger partial charge on any atom is 0.357 e. The summed E-state index contributed by atoms with van der Waals surface area (Å²) >= 11 is 0. The average Bonchev–Trinajstić information content (AvgIpc) is 2.66. The lowest BCUT2D eigenvalue weighted by Crippen LogP contribution is -2.24. The Morgan fingerprint density at radius 2 is 2.53 bits per heavy atom. The van der Waals surface area contributed by atoms with Gasteiger partial charge in [0, 0.05) is 6.54 Å². The van der Waals surface area contributed by atoms with Crippen molar-refractivity contribution in [3.8, 4) is 12.3 Å². The van der Waals surface area contributed by atoms with E-state index in [2.05, 4.69) is 10.9 Å². The molecule has 80 valence electrons. The predicted molar refractivity (Wildman–Crippen MR) is 54.8 cm³/mol. The predicted octanol–water partition coefficient (Wildman–Crippen LogP) is 1.22.